The van der Waals surface area contributed by atoms with Crippen LogP contribution in [0, 0.1) is 0 Å². The molecule has 3 aromatic rings. The number of nitrogens with zero attached hydrogens (tertiary/aromatic N) is 2. The molecule has 0 unspecified atom stereocenters. The van der Waals surface area contributed by atoms with Gasteiger partial charge in [-0.3, -0.25) is 13.9 Å². The lowest BCUT2D eigenvalue weighted by molar-refractivity contribution is -0.140. The summed E-state index contributed by atoms with van der Waals surface area (Å²) >= 11 is 16.4. The molecule has 0 aliphatic carbocycles. The predicted molar refractivity (Wildman–Crippen MR) is 165 cm³/mol. The van der Waals surface area contributed by atoms with Crippen molar-refractivity contribution in [1.29, 1.82) is 0 Å². The predicted octanol–water partition coefficient (Wildman–Crippen LogP) is 6.08. The highest BCUT2D eigenvalue weighted by Crippen LogP contribution is 2.30. The Morgan fingerprint density at radius 3 is 2.12 bits per heavy atom. The minimum Gasteiger partial charge on any atom is -0.352 e. The Hall–Kier alpha value is -2.59. The summed E-state index contributed by atoms with van der Waals surface area (Å²) in [5.41, 5.74) is 1.60. The zero-order valence-corrected chi connectivity index (χ0v) is 26.4. The number of carbonyl (C=O) groups is 2. The van der Waals surface area contributed by atoms with Gasteiger partial charge in [0.15, 0.2) is 0 Å². The normalized spacial score (nSPS) is 12.8. The van der Waals surface area contributed by atoms with Gasteiger partial charge in [-0.05, 0) is 59.1 Å². The molecule has 2 amide bonds. The molecule has 40 heavy (non-hydrogen) atoms. The van der Waals surface area contributed by atoms with Crippen molar-refractivity contribution in [3.8, 4) is 0 Å². The van der Waals surface area contributed by atoms with Crippen LogP contribution in [0.1, 0.15) is 31.4 Å². The Labute approximate surface area is 254 Å². The Morgan fingerprint density at radius 2 is 1.55 bits per heavy atom. The van der Waals surface area contributed by atoms with Crippen LogP contribution in [-0.2, 0) is 32.6 Å². The molecule has 0 aromatic heterocycles. The Balaban J connectivity index is 2.12. The number of anilines is 1. The standard InChI is InChI=1S/C29H32BrCl2N3O4S/c1-4-20(2)33-29(37)27(17-21-11-6-5-7-12-21)34(18-22-24(31)14-10-15-25(22)32)28(36)19-35(40(3,38)39)26-16-9-8-13-23(26)30/h5-16,20,27H,4,17-19H2,1-3H3,(H,33,37)/t20-,27-/m1/s1. The van der Waals surface area contributed by atoms with Gasteiger partial charge in [-0.15, -0.1) is 0 Å². The van der Waals surface area contributed by atoms with Crippen molar-refractivity contribution in [3.63, 3.8) is 0 Å². The van der Waals surface area contributed by atoms with E-state index in [1.807, 2.05) is 44.2 Å². The van der Waals surface area contributed by atoms with E-state index in [0.717, 1.165) is 16.1 Å². The third-order valence-corrected chi connectivity index (χ3v) is 8.97. The van der Waals surface area contributed by atoms with Gasteiger partial charge in [-0.2, -0.15) is 0 Å². The molecule has 0 saturated heterocycles. The van der Waals surface area contributed by atoms with Crippen LogP contribution in [0.3, 0.4) is 0 Å². The van der Waals surface area contributed by atoms with Crippen LogP contribution in [0.15, 0.2) is 77.3 Å². The van der Waals surface area contributed by atoms with Crippen LogP contribution < -0.4 is 9.62 Å². The highest BCUT2D eigenvalue weighted by molar-refractivity contribution is 9.10. The van der Waals surface area contributed by atoms with Crippen molar-refractivity contribution >= 4 is 66.7 Å². The van der Waals surface area contributed by atoms with Crippen LogP contribution in [0.2, 0.25) is 10.0 Å². The molecular formula is C29H32BrCl2N3O4S. The Bertz CT molecular complexity index is 1420. The smallest absolute Gasteiger partial charge is 0.244 e. The van der Waals surface area contributed by atoms with Gasteiger partial charge in [-0.1, -0.05) is 78.7 Å². The molecule has 0 fully saturated rings. The molecular weight excluding hydrogens is 637 g/mol. The molecule has 7 nitrogen and oxygen atoms in total. The van der Waals surface area contributed by atoms with E-state index in [2.05, 4.69) is 21.2 Å². The van der Waals surface area contributed by atoms with E-state index < -0.39 is 28.5 Å². The molecule has 3 aromatic carbocycles. The van der Waals surface area contributed by atoms with E-state index in [4.69, 9.17) is 23.2 Å². The summed E-state index contributed by atoms with van der Waals surface area (Å²) in [6, 6.07) is 19.9. The fourth-order valence-corrected chi connectivity index (χ4v) is 6.09. The van der Waals surface area contributed by atoms with Gasteiger partial charge in [-0.25, -0.2) is 8.42 Å². The first-order chi connectivity index (χ1) is 18.9. The number of benzene rings is 3. The summed E-state index contributed by atoms with van der Waals surface area (Å²) in [5.74, 6) is -0.945. The number of rotatable bonds is 12. The summed E-state index contributed by atoms with van der Waals surface area (Å²) in [4.78, 5) is 29.2. The van der Waals surface area contributed by atoms with Crippen molar-refractivity contribution in [2.45, 2.75) is 45.3 Å². The van der Waals surface area contributed by atoms with Crippen molar-refractivity contribution in [2.24, 2.45) is 0 Å². The molecule has 2 atom stereocenters. The number of carbonyl (C=O) groups excluding carboxylic acids is 2. The van der Waals surface area contributed by atoms with Crippen LogP contribution in [0.5, 0.6) is 0 Å². The molecule has 1 N–H and O–H groups in total. The van der Waals surface area contributed by atoms with Gasteiger partial charge in [0, 0.05) is 39.1 Å². The van der Waals surface area contributed by atoms with E-state index in [9.17, 15) is 18.0 Å². The minimum atomic E-state index is -3.88. The third-order valence-electron chi connectivity index (χ3n) is 6.46. The number of hydrogen-bond donors (Lipinski definition) is 1. The highest BCUT2D eigenvalue weighted by atomic mass is 79.9. The molecule has 0 heterocycles. The number of halogens is 3. The second-order valence-electron chi connectivity index (χ2n) is 9.47. The van der Waals surface area contributed by atoms with Crippen LogP contribution >= 0.6 is 39.1 Å². The van der Waals surface area contributed by atoms with Gasteiger partial charge >= 0.3 is 0 Å². The molecule has 0 aliphatic heterocycles. The van der Waals surface area contributed by atoms with Gasteiger partial charge in [0.2, 0.25) is 21.8 Å². The van der Waals surface area contributed by atoms with E-state index in [-0.39, 0.29) is 24.9 Å². The average Bonchev–Trinajstić information content (AvgIpc) is 2.91. The molecule has 11 heteroatoms. The fraction of sp³-hybridized carbons (Fsp3) is 0.310. The van der Waals surface area contributed by atoms with Crippen molar-refractivity contribution < 1.29 is 18.0 Å². The SMILES string of the molecule is CC[C@@H](C)NC(=O)[C@@H](Cc1ccccc1)N(Cc1c(Cl)cccc1Cl)C(=O)CN(c1ccccc1Br)S(C)(=O)=O. The number of amides is 2. The first-order valence-corrected chi connectivity index (χ1v) is 16.1. The average molecular weight is 669 g/mol. The summed E-state index contributed by atoms with van der Waals surface area (Å²) in [6.45, 7) is 3.19. The zero-order chi connectivity index (χ0) is 29.4. The molecule has 0 radical (unpaired) electrons. The largest absolute Gasteiger partial charge is 0.352 e. The Kier molecular flexibility index (Phi) is 11.5. The number of sulfonamides is 1. The van der Waals surface area contributed by atoms with E-state index in [1.54, 1.807) is 42.5 Å². The minimum absolute atomic E-state index is 0.101. The summed E-state index contributed by atoms with van der Waals surface area (Å²) in [6.07, 6.45) is 1.93. The maximum Gasteiger partial charge on any atom is 0.244 e. The van der Waals surface area contributed by atoms with E-state index in [0.29, 0.717) is 32.2 Å². The Morgan fingerprint density at radius 1 is 0.950 bits per heavy atom. The molecule has 0 aliphatic rings. The quantitative estimate of drug-likeness (QED) is 0.254. The number of nitrogens with one attached hydrogen (secondary N) is 1. The number of hydrogen-bond acceptors (Lipinski definition) is 4. The lowest BCUT2D eigenvalue weighted by atomic mass is 10.0. The lowest BCUT2D eigenvalue weighted by Gasteiger charge is -2.34. The maximum absolute atomic E-state index is 14.1. The first kappa shape index (κ1) is 31.9. The lowest BCUT2D eigenvalue weighted by Crippen LogP contribution is -2.54. The number of para-hydroxylation sites is 1. The van der Waals surface area contributed by atoms with E-state index >= 15 is 0 Å². The molecule has 3 rings (SSSR count). The summed E-state index contributed by atoms with van der Waals surface area (Å²) in [5, 5.41) is 3.65. The topological polar surface area (TPSA) is 86.8 Å². The van der Waals surface area contributed by atoms with Crippen molar-refractivity contribution in [2.75, 3.05) is 17.1 Å². The maximum atomic E-state index is 14.1. The van der Waals surface area contributed by atoms with Crippen molar-refractivity contribution in [1.82, 2.24) is 10.2 Å². The fourth-order valence-electron chi connectivity index (χ4n) is 4.10. The van der Waals surface area contributed by atoms with Crippen LogP contribution in [0.4, 0.5) is 5.69 Å². The van der Waals surface area contributed by atoms with Crippen LogP contribution in [-0.4, -0.2) is 50.0 Å². The monoisotopic (exact) mass is 667 g/mol. The van der Waals surface area contributed by atoms with Gasteiger partial charge in [0.05, 0.1) is 11.9 Å². The molecule has 0 spiro atoms. The molecule has 0 bridgehead atoms. The summed E-state index contributed by atoms with van der Waals surface area (Å²) < 4.78 is 27.3. The van der Waals surface area contributed by atoms with Gasteiger partial charge in [0.1, 0.15) is 12.6 Å². The molecule has 214 valence electrons. The summed E-state index contributed by atoms with van der Waals surface area (Å²) in [7, 11) is -3.88. The van der Waals surface area contributed by atoms with Gasteiger partial charge < -0.3 is 10.2 Å². The van der Waals surface area contributed by atoms with Gasteiger partial charge in [0.25, 0.3) is 0 Å². The van der Waals surface area contributed by atoms with E-state index in [1.165, 1.54) is 4.90 Å². The second-order valence-corrected chi connectivity index (χ2v) is 13.0. The highest BCUT2D eigenvalue weighted by Gasteiger charge is 2.34. The third kappa shape index (κ3) is 8.46. The van der Waals surface area contributed by atoms with Crippen molar-refractivity contribution in [3.05, 3.63) is 98.4 Å². The van der Waals surface area contributed by atoms with Crippen LogP contribution in [0.25, 0.3) is 0 Å². The first-order valence-electron chi connectivity index (χ1n) is 12.7. The molecule has 0 saturated carbocycles. The zero-order valence-electron chi connectivity index (χ0n) is 22.5. The second kappa shape index (κ2) is 14.3.